The van der Waals surface area contributed by atoms with E-state index < -0.39 is 0 Å². The Morgan fingerprint density at radius 2 is 1.58 bits per heavy atom. The van der Waals surface area contributed by atoms with Gasteiger partial charge in [0.1, 0.15) is 0 Å². The predicted molar refractivity (Wildman–Crippen MR) is 142 cm³/mol. The molecule has 0 atom stereocenters. The largest absolute Gasteiger partial charge is 0.493 e. The summed E-state index contributed by atoms with van der Waals surface area (Å²) in [6.45, 7) is 6.04. The number of ether oxygens (including phenoxy) is 3. The van der Waals surface area contributed by atoms with Gasteiger partial charge in [-0.25, -0.2) is 0 Å². The number of nitrogens with zero attached hydrogens (tertiary/aromatic N) is 1. The van der Waals surface area contributed by atoms with Crippen molar-refractivity contribution in [2.24, 2.45) is 0 Å². The molecule has 0 saturated carbocycles. The summed E-state index contributed by atoms with van der Waals surface area (Å²) in [5, 5.41) is 0.908. The van der Waals surface area contributed by atoms with Crippen LogP contribution in [0.25, 0.3) is 10.9 Å². The number of hydrogen-bond acceptors (Lipinski definition) is 5. The number of fused-ring (bicyclic) bond motifs is 1. The zero-order valence-electron chi connectivity index (χ0n) is 21.4. The molecule has 1 N–H and O–H groups in total. The number of rotatable bonds is 7. The average molecular weight is 487 g/mol. The molecule has 0 aliphatic carbocycles. The van der Waals surface area contributed by atoms with Crippen LogP contribution in [0.5, 0.6) is 17.2 Å². The van der Waals surface area contributed by atoms with Gasteiger partial charge in [0, 0.05) is 22.3 Å². The number of aromatic amines is 1. The van der Waals surface area contributed by atoms with E-state index in [0.717, 1.165) is 33.3 Å². The minimum absolute atomic E-state index is 0.0823. The van der Waals surface area contributed by atoms with E-state index in [1.165, 1.54) is 21.3 Å². The van der Waals surface area contributed by atoms with E-state index in [9.17, 15) is 9.59 Å². The highest BCUT2D eigenvalue weighted by molar-refractivity contribution is 6.07. The summed E-state index contributed by atoms with van der Waals surface area (Å²) in [5.74, 6) is 0.850. The van der Waals surface area contributed by atoms with Gasteiger partial charge in [-0.3, -0.25) is 9.59 Å². The van der Waals surface area contributed by atoms with Crippen LogP contribution in [0.15, 0.2) is 59.4 Å². The van der Waals surface area contributed by atoms with E-state index in [0.29, 0.717) is 28.4 Å². The van der Waals surface area contributed by atoms with Crippen LogP contribution in [0.3, 0.4) is 0 Å². The second kappa shape index (κ2) is 10.2. The Balaban J connectivity index is 1.87. The van der Waals surface area contributed by atoms with Crippen molar-refractivity contribution in [1.82, 2.24) is 4.98 Å². The van der Waals surface area contributed by atoms with E-state index in [-0.39, 0.29) is 18.0 Å². The van der Waals surface area contributed by atoms with Gasteiger partial charge in [0.05, 0.1) is 27.9 Å². The molecule has 7 heteroatoms. The quantitative estimate of drug-likeness (QED) is 0.382. The summed E-state index contributed by atoms with van der Waals surface area (Å²) in [5.41, 5.74) is 5.14. The van der Waals surface area contributed by atoms with Crippen LogP contribution in [0.4, 0.5) is 5.69 Å². The van der Waals surface area contributed by atoms with Crippen LogP contribution in [0.2, 0.25) is 0 Å². The third-order valence-corrected chi connectivity index (χ3v) is 6.43. The number of benzene rings is 3. The molecule has 0 spiro atoms. The van der Waals surface area contributed by atoms with Crippen LogP contribution in [0.1, 0.15) is 32.6 Å². The molecule has 36 heavy (non-hydrogen) atoms. The Morgan fingerprint density at radius 3 is 2.22 bits per heavy atom. The van der Waals surface area contributed by atoms with Gasteiger partial charge in [0.2, 0.25) is 5.75 Å². The molecule has 0 aliphatic heterocycles. The molecule has 4 aromatic rings. The maximum atomic E-state index is 14.0. The standard InChI is InChI=1S/C29H30N2O5/c1-17-10-11-23-20(12-17)13-22(28(32)30-23)16-31(24-9-7-8-18(2)19(24)3)29(33)21-14-25(34-4)27(36-6)26(15-21)35-5/h7-15H,16H2,1-6H3,(H,30,32). The van der Waals surface area contributed by atoms with Gasteiger partial charge in [-0.05, 0) is 73.7 Å². The van der Waals surface area contributed by atoms with E-state index in [4.69, 9.17) is 14.2 Å². The molecular weight excluding hydrogens is 456 g/mol. The maximum absolute atomic E-state index is 14.0. The number of methoxy groups -OCH3 is 3. The van der Waals surface area contributed by atoms with Gasteiger partial charge >= 0.3 is 0 Å². The van der Waals surface area contributed by atoms with Crippen molar-refractivity contribution in [3.63, 3.8) is 0 Å². The smallest absolute Gasteiger partial charge is 0.258 e. The topological polar surface area (TPSA) is 80.9 Å². The fourth-order valence-corrected chi connectivity index (χ4v) is 4.31. The van der Waals surface area contributed by atoms with Crippen molar-refractivity contribution in [2.45, 2.75) is 27.3 Å². The molecule has 1 aromatic heterocycles. The lowest BCUT2D eigenvalue weighted by molar-refractivity contribution is 0.0984. The first-order valence-corrected chi connectivity index (χ1v) is 11.6. The molecule has 4 rings (SSSR count). The second-order valence-corrected chi connectivity index (χ2v) is 8.74. The van der Waals surface area contributed by atoms with Gasteiger partial charge in [0.25, 0.3) is 11.5 Å². The summed E-state index contributed by atoms with van der Waals surface area (Å²) in [7, 11) is 4.52. The molecule has 186 valence electrons. The van der Waals surface area contributed by atoms with E-state index in [1.807, 2.05) is 63.2 Å². The van der Waals surface area contributed by atoms with E-state index in [2.05, 4.69) is 4.98 Å². The number of nitrogens with one attached hydrogen (secondary N) is 1. The minimum atomic E-state index is -0.299. The van der Waals surface area contributed by atoms with Crippen LogP contribution < -0.4 is 24.7 Å². The summed E-state index contributed by atoms with van der Waals surface area (Å²) in [6.07, 6.45) is 0. The number of anilines is 1. The maximum Gasteiger partial charge on any atom is 0.258 e. The number of carbonyl (C=O) groups excluding carboxylic acids is 1. The summed E-state index contributed by atoms with van der Waals surface area (Å²) < 4.78 is 16.3. The summed E-state index contributed by atoms with van der Waals surface area (Å²) in [6, 6.07) is 16.7. The lowest BCUT2D eigenvalue weighted by atomic mass is 10.0. The molecular formula is C29H30N2O5. The van der Waals surface area contributed by atoms with E-state index >= 15 is 0 Å². The first kappa shape index (κ1) is 24.9. The van der Waals surface area contributed by atoms with Crippen LogP contribution >= 0.6 is 0 Å². The molecule has 1 heterocycles. The third kappa shape index (κ3) is 4.64. The highest BCUT2D eigenvalue weighted by Crippen LogP contribution is 2.39. The Bertz CT molecular complexity index is 1480. The van der Waals surface area contributed by atoms with Gasteiger partial charge in [-0.2, -0.15) is 0 Å². The monoisotopic (exact) mass is 486 g/mol. The molecule has 1 amide bonds. The number of hydrogen-bond donors (Lipinski definition) is 1. The van der Waals surface area contributed by atoms with Gasteiger partial charge < -0.3 is 24.1 Å². The normalized spacial score (nSPS) is 10.8. The Labute approximate surface area is 210 Å². The van der Waals surface area contributed by atoms with Gasteiger partial charge in [0.15, 0.2) is 11.5 Å². The first-order valence-electron chi connectivity index (χ1n) is 11.6. The fourth-order valence-electron chi connectivity index (χ4n) is 4.31. The number of amides is 1. The van der Waals surface area contributed by atoms with Crippen molar-refractivity contribution >= 4 is 22.5 Å². The molecule has 0 radical (unpaired) electrons. The highest BCUT2D eigenvalue weighted by Gasteiger charge is 2.25. The number of pyridine rings is 1. The van der Waals surface area contributed by atoms with Crippen molar-refractivity contribution in [1.29, 1.82) is 0 Å². The number of carbonyl (C=O) groups is 1. The molecule has 0 bridgehead atoms. The zero-order chi connectivity index (χ0) is 26.0. The van der Waals surface area contributed by atoms with Crippen molar-refractivity contribution in [3.8, 4) is 17.2 Å². The Hall–Kier alpha value is -4.26. The highest BCUT2D eigenvalue weighted by atomic mass is 16.5. The van der Waals surface area contributed by atoms with Crippen LogP contribution in [0, 0.1) is 20.8 Å². The van der Waals surface area contributed by atoms with Gasteiger partial charge in [-0.15, -0.1) is 0 Å². The predicted octanol–water partition coefficient (Wildman–Crippen LogP) is 5.33. The second-order valence-electron chi connectivity index (χ2n) is 8.74. The number of aryl methyl sites for hydroxylation is 2. The lowest BCUT2D eigenvalue weighted by Crippen LogP contribution is -2.33. The van der Waals surface area contributed by atoms with E-state index in [1.54, 1.807) is 17.0 Å². The SMILES string of the molecule is COc1cc(C(=O)N(Cc2cc3cc(C)ccc3[nH]c2=O)c2cccc(C)c2C)cc(OC)c1OC. The fraction of sp³-hybridized carbons (Fsp3) is 0.241. The third-order valence-electron chi connectivity index (χ3n) is 6.43. The minimum Gasteiger partial charge on any atom is -0.493 e. The molecule has 3 aromatic carbocycles. The van der Waals surface area contributed by atoms with Crippen molar-refractivity contribution in [3.05, 3.63) is 92.8 Å². The zero-order valence-corrected chi connectivity index (χ0v) is 21.4. The lowest BCUT2D eigenvalue weighted by Gasteiger charge is -2.26. The van der Waals surface area contributed by atoms with Crippen molar-refractivity contribution in [2.75, 3.05) is 26.2 Å². The van der Waals surface area contributed by atoms with Crippen molar-refractivity contribution < 1.29 is 19.0 Å². The Kier molecular flexibility index (Phi) is 7.01. The Morgan fingerprint density at radius 1 is 0.889 bits per heavy atom. The molecule has 7 nitrogen and oxygen atoms in total. The first-order chi connectivity index (χ1) is 17.3. The molecule has 0 unspecified atom stereocenters. The number of aromatic nitrogens is 1. The van der Waals surface area contributed by atoms with Gasteiger partial charge in [-0.1, -0.05) is 23.8 Å². The number of H-pyrrole nitrogens is 1. The molecule has 0 aliphatic rings. The molecule has 0 fully saturated rings. The summed E-state index contributed by atoms with van der Waals surface area (Å²) >= 11 is 0. The van der Waals surface area contributed by atoms with Crippen LogP contribution in [-0.4, -0.2) is 32.2 Å². The average Bonchev–Trinajstić information content (AvgIpc) is 2.88. The summed E-state index contributed by atoms with van der Waals surface area (Å²) in [4.78, 5) is 31.6. The van der Waals surface area contributed by atoms with Crippen LogP contribution in [-0.2, 0) is 6.54 Å². The molecule has 0 saturated heterocycles.